The molecule has 0 spiro atoms. The molecule has 0 saturated carbocycles. The van der Waals surface area contributed by atoms with Crippen molar-refractivity contribution < 1.29 is 17.9 Å². The van der Waals surface area contributed by atoms with E-state index in [0.29, 0.717) is 5.75 Å². The number of rotatable bonds is 6. The number of nitrogens with one attached hydrogen (secondary N) is 1. The van der Waals surface area contributed by atoms with Gasteiger partial charge in [-0.2, -0.15) is 0 Å². The average Bonchev–Trinajstić information content (AvgIpc) is 2.93. The summed E-state index contributed by atoms with van der Waals surface area (Å²) in [5, 5.41) is 1.09. The quantitative estimate of drug-likeness (QED) is 0.720. The summed E-state index contributed by atoms with van der Waals surface area (Å²) in [6.07, 6.45) is 0. The number of aryl methyl sites for hydroxylation is 2. The van der Waals surface area contributed by atoms with Crippen LogP contribution in [0.4, 0.5) is 0 Å². The fourth-order valence-electron chi connectivity index (χ4n) is 2.90. The number of hydrogen-bond acceptors (Lipinski definition) is 4. The van der Waals surface area contributed by atoms with Crippen LogP contribution in [-0.2, 0) is 23.6 Å². The Labute approximate surface area is 153 Å². The zero-order valence-electron chi connectivity index (χ0n) is 15.2. The van der Waals surface area contributed by atoms with Crippen LogP contribution in [0.15, 0.2) is 47.4 Å². The molecule has 1 N–H and O–H groups in total. The van der Waals surface area contributed by atoms with Crippen LogP contribution in [0, 0.1) is 6.92 Å². The molecular weight excluding hydrogens is 352 g/mol. The first kappa shape index (κ1) is 18.3. The molecule has 6 nitrogen and oxygen atoms in total. The van der Waals surface area contributed by atoms with Crippen molar-refractivity contribution in [2.45, 2.75) is 18.4 Å². The second-order valence-corrected chi connectivity index (χ2v) is 7.81. The molecule has 0 unspecified atom stereocenters. The first-order valence-corrected chi connectivity index (χ1v) is 9.60. The first-order valence-electron chi connectivity index (χ1n) is 8.12. The number of aromatic nitrogens is 1. The second-order valence-electron chi connectivity index (χ2n) is 6.08. The highest BCUT2D eigenvalue weighted by Crippen LogP contribution is 2.28. The average molecular weight is 374 g/mol. The molecule has 0 radical (unpaired) electrons. The molecule has 26 heavy (non-hydrogen) atoms. The van der Waals surface area contributed by atoms with E-state index in [0.717, 1.165) is 22.2 Å². The number of hydrogen-bond donors (Lipinski definition) is 1. The van der Waals surface area contributed by atoms with E-state index in [9.17, 15) is 8.42 Å². The number of nitrogens with zero attached hydrogens (tertiary/aromatic N) is 1. The van der Waals surface area contributed by atoms with Crippen molar-refractivity contribution in [2.24, 2.45) is 7.05 Å². The molecule has 7 heteroatoms. The smallest absolute Gasteiger partial charge is 0.244 e. The summed E-state index contributed by atoms with van der Waals surface area (Å²) in [5.41, 5.74) is 3.16. The Morgan fingerprint density at radius 1 is 1.04 bits per heavy atom. The molecule has 0 bridgehead atoms. The molecular formula is C19H22N2O4S. The van der Waals surface area contributed by atoms with Gasteiger partial charge in [-0.15, -0.1) is 0 Å². The lowest BCUT2D eigenvalue weighted by atomic mass is 10.1. The van der Waals surface area contributed by atoms with Gasteiger partial charge in [-0.25, -0.2) is 13.1 Å². The van der Waals surface area contributed by atoms with Crippen molar-refractivity contribution in [2.75, 3.05) is 14.2 Å². The molecule has 0 atom stereocenters. The normalized spacial score (nSPS) is 11.7. The van der Waals surface area contributed by atoms with Gasteiger partial charge < -0.3 is 14.0 Å². The van der Waals surface area contributed by atoms with E-state index in [1.165, 1.54) is 20.3 Å². The van der Waals surface area contributed by atoms with Gasteiger partial charge in [0.15, 0.2) is 0 Å². The van der Waals surface area contributed by atoms with E-state index in [-0.39, 0.29) is 17.2 Å². The summed E-state index contributed by atoms with van der Waals surface area (Å²) >= 11 is 0. The van der Waals surface area contributed by atoms with Crippen LogP contribution in [0.2, 0.25) is 0 Å². The number of ether oxygens (including phenoxy) is 2. The van der Waals surface area contributed by atoms with Crippen molar-refractivity contribution in [3.8, 4) is 11.5 Å². The third kappa shape index (κ3) is 3.40. The van der Waals surface area contributed by atoms with Crippen LogP contribution in [0.3, 0.4) is 0 Å². The summed E-state index contributed by atoms with van der Waals surface area (Å²) < 4.78 is 40.4. The molecule has 0 aliphatic rings. The molecule has 0 aliphatic heterocycles. The molecule has 0 amide bonds. The van der Waals surface area contributed by atoms with Crippen molar-refractivity contribution >= 4 is 20.9 Å². The minimum Gasteiger partial charge on any atom is -0.497 e. The topological polar surface area (TPSA) is 69.6 Å². The van der Waals surface area contributed by atoms with Crippen LogP contribution >= 0.6 is 0 Å². The van der Waals surface area contributed by atoms with Gasteiger partial charge >= 0.3 is 0 Å². The van der Waals surface area contributed by atoms with E-state index in [1.807, 2.05) is 32.2 Å². The molecule has 0 saturated heterocycles. The zero-order valence-corrected chi connectivity index (χ0v) is 16.1. The third-order valence-corrected chi connectivity index (χ3v) is 5.91. The Balaban J connectivity index is 1.84. The van der Waals surface area contributed by atoms with Crippen LogP contribution in [0.25, 0.3) is 10.9 Å². The summed E-state index contributed by atoms with van der Waals surface area (Å²) in [6.45, 7) is 2.24. The maximum atomic E-state index is 12.7. The molecule has 138 valence electrons. The Kier molecular flexibility index (Phi) is 4.93. The Hall–Kier alpha value is -2.51. The summed E-state index contributed by atoms with van der Waals surface area (Å²) in [6, 6.07) is 12.6. The summed E-state index contributed by atoms with van der Waals surface area (Å²) in [4.78, 5) is 0.0810. The van der Waals surface area contributed by atoms with Crippen LogP contribution in [0.5, 0.6) is 11.5 Å². The van der Waals surface area contributed by atoms with Gasteiger partial charge in [-0.1, -0.05) is 6.07 Å². The van der Waals surface area contributed by atoms with Gasteiger partial charge in [0.1, 0.15) is 16.4 Å². The Morgan fingerprint density at radius 2 is 1.81 bits per heavy atom. The monoisotopic (exact) mass is 374 g/mol. The highest BCUT2D eigenvalue weighted by atomic mass is 32.2. The van der Waals surface area contributed by atoms with Gasteiger partial charge in [-0.3, -0.25) is 0 Å². The SMILES string of the molecule is COc1ccc(S(=O)(=O)NCc2ccc3c(c2)cc(C)n3C)c(OC)c1. The van der Waals surface area contributed by atoms with Crippen molar-refractivity contribution in [1.82, 2.24) is 9.29 Å². The minimum absolute atomic E-state index is 0.0810. The van der Waals surface area contributed by atoms with E-state index < -0.39 is 10.0 Å². The van der Waals surface area contributed by atoms with Crippen molar-refractivity contribution in [3.05, 3.63) is 53.7 Å². The molecule has 2 aromatic carbocycles. The van der Waals surface area contributed by atoms with Crippen molar-refractivity contribution in [1.29, 1.82) is 0 Å². The van der Waals surface area contributed by atoms with Crippen molar-refractivity contribution in [3.63, 3.8) is 0 Å². The Bertz CT molecular complexity index is 1050. The number of sulfonamides is 1. The van der Waals surface area contributed by atoms with Gasteiger partial charge in [-0.05, 0) is 42.8 Å². The second kappa shape index (κ2) is 7.01. The summed E-state index contributed by atoms with van der Waals surface area (Å²) in [5.74, 6) is 0.775. The maximum absolute atomic E-state index is 12.7. The van der Waals surface area contributed by atoms with Gasteiger partial charge in [0.2, 0.25) is 10.0 Å². The van der Waals surface area contributed by atoms with E-state index in [1.54, 1.807) is 12.1 Å². The van der Waals surface area contributed by atoms with E-state index in [2.05, 4.69) is 15.4 Å². The predicted molar refractivity (Wildman–Crippen MR) is 101 cm³/mol. The number of fused-ring (bicyclic) bond motifs is 1. The predicted octanol–water partition coefficient (Wildman–Crippen LogP) is 2.98. The fourth-order valence-corrected chi connectivity index (χ4v) is 4.07. The van der Waals surface area contributed by atoms with Gasteiger partial charge in [0.05, 0.1) is 14.2 Å². The van der Waals surface area contributed by atoms with E-state index in [4.69, 9.17) is 9.47 Å². The summed E-state index contributed by atoms with van der Waals surface area (Å²) in [7, 11) is 1.24. The lowest BCUT2D eigenvalue weighted by Gasteiger charge is -2.12. The fraction of sp³-hybridized carbons (Fsp3) is 0.263. The van der Waals surface area contributed by atoms with E-state index >= 15 is 0 Å². The first-order chi connectivity index (χ1) is 12.4. The number of methoxy groups -OCH3 is 2. The Morgan fingerprint density at radius 3 is 2.50 bits per heavy atom. The lowest BCUT2D eigenvalue weighted by Crippen LogP contribution is -2.23. The molecule has 0 fully saturated rings. The largest absolute Gasteiger partial charge is 0.497 e. The molecule has 1 heterocycles. The van der Waals surface area contributed by atoms with Crippen LogP contribution in [0.1, 0.15) is 11.3 Å². The minimum atomic E-state index is -3.72. The van der Waals surface area contributed by atoms with Gasteiger partial charge in [0.25, 0.3) is 0 Å². The highest BCUT2D eigenvalue weighted by molar-refractivity contribution is 7.89. The molecule has 3 rings (SSSR count). The zero-order chi connectivity index (χ0) is 18.9. The third-order valence-electron chi connectivity index (χ3n) is 4.47. The lowest BCUT2D eigenvalue weighted by molar-refractivity contribution is 0.386. The molecule has 0 aliphatic carbocycles. The molecule has 3 aromatic rings. The van der Waals surface area contributed by atoms with Gasteiger partial charge in [0, 0.05) is 36.3 Å². The van der Waals surface area contributed by atoms with Crippen LogP contribution in [-0.4, -0.2) is 27.2 Å². The standard InChI is InChI=1S/C19H22N2O4S/c1-13-9-15-10-14(5-7-17(15)21(13)2)12-20-26(22,23)19-8-6-16(24-3)11-18(19)25-4/h5-11,20H,12H2,1-4H3. The number of benzene rings is 2. The highest BCUT2D eigenvalue weighted by Gasteiger charge is 2.20. The maximum Gasteiger partial charge on any atom is 0.244 e. The van der Waals surface area contributed by atoms with Crippen LogP contribution < -0.4 is 14.2 Å². The molecule has 1 aromatic heterocycles.